The van der Waals surface area contributed by atoms with E-state index in [-0.39, 0.29) is 29.3 Å². The average Bonchev–Trinajstić information content (AvgIpc) is 2.91. The Morgan fingerprint density at radius 2 is 1.85 bits per heavy atom. The number of aromatic nitrogens is 1. The molecule has 3 N–H and O–H groups in total. The Labute approximate surface area is 232 Å². The van der Waals surface area contributed by atoms with Gasteiger partial charge in [0.15, 0.2) is 0 Å². The van der Waals surface area contributed by atoms with Crippen molar-refractivity contribution in [2.24, 2.45) is 0 Å². The highest BCUT2D eigenvalue weighted by Gasteiger charge is 2.28. The van der Waals surface area contributed by atoms with Crippen molar-refractivity contribution in [3.05, 3.63) is 63.0 Å². The number of nitrogens with one attached hydrogen (secondary N) is 2. The van der Waals surface area contributed by atoms with Gasteiger partial charge in [0.05, 0.1) is 31.2 Å². The number of anilines is 1. The van der Waals surface area contributed by atoms with Crippen LogP contribution in [-0.2, 0) is 27.9 Å². The molecular formula is C29H36N4O7. The standard InChI is InChI=1S/C29H36N4O7/c1-17-20(16-30-28(36)37)21(29(2,3)4)15-22-24(17)26(35)40-27(31-22)32-23(25(34)33-10-12-39-13-11-33)14-18-6-8-19(38-5)9-7-18/h6-9,15,23,30H,10-14,16H2,1-5H3,(H,31,32)(H,36,37)/t23-/m0/s1. The van der Waals surface area contributed by atoms with Gasteiger partial charge in [-0.3, -0.25) is 4.79 Å². The molecule has 0 spiro atoms. The quantitative estimate of drug-likeness (QED) is 0.383. The van der Waals surface area contributed by atoms with Crippen LogP contribution in [0.3, 0.4) is 0 Å². The SMILES string of the molecule is COc1ccc(C[C@H](Nc2nc3cc(C(C)(C)C)c(CNC(=O)O)c(C)c3c(=O)o2)C(=O)N2CCOCC2)cc1. The molecule has 0 bridgehead atoms. The molecule has 40 heavy (non-hydrogen) atoms. The molecule has 1 atom stereocenters. The fraction of sp³-hybridized carbons (Fsp3) is 0.448. The Kier molecular flexibility index (Phi) is 8.63. The van der Waals surface area contributed by atoms with E-state index in [1.807, 2.05) is 45.0 Å². The lowest BCUT2D eigenvalue weighted by molar-refractivity contribution is -0.136. The number of carbonyl (C=O) groups excluding carboxylic acids is 1. The van der Waals surface area contributed by atoms with Gasteiger partial charge in [-0.2, -0.15) is 4.98 Å². The molecular weight excluding hydrogens is 516 g/mol. The molecule has 0 unspecified atom stereocenters. The number of ether oxygens (including phenoxy) is 2. The van der Waals surface area contributed by atoms with Crippen molar-refractivity contribution in [3.63, 3.8) is 0 Å². The van der Waals surface area contributed by atoms with Gasteiger partial charge in [0.25, 0.3) is 6.01 Å². The van der Waals surface area contributed by atoms with E-state index in [0.717, 1.165) is 11.1 Å². The maximum absolute atomic E-state index is 13.6. The number of nitrogens with zero attached hydrogens (tertiary/aromatic N) is 2. The topological polar surface area (TPSA) is 143 Å². The molecule has 11 heteroatoms. The van der Waals surface area contributed by atoms with E-state index in [1.165, 1.54) is 0 Å². The minimum absolute atomic E-state index is 0.0428. The molecule has 0 radical (unpaired) electrons. The first-order valence-corrected chi connectivity index (χ1v) is 13.2. The third kappa shape index (κ3) is 6.53. The molecule has 1 aromatic heterocycles. The third-order valence-electron chi connectivity index (χ3n) is 7.05. The second-order valence-electron chi connectivity index (χ2n) is 10.8. The molecule has 1 fully saturated rings. The van der Waals surface area contributed by atoms with E-state index >= 15 is 0 Å². The number of hydrogen-bond donors (Lipinski definition) is 3. The summed E-state index contributed by atoms with van der Waals surface area (Å²) in [4.78, 5) is 44.4. The second kappa shape index (κ2) is 12.0. The molecule has 1 saturated heterocycles. The van der Waals surface area contributed by atoms with Crippen LogP contribution in [-0.4, -0.2) is 66.4 Å². The van der Waals surface area contributed by atoms with Crippen LogP contribution in [0.1, 0.15) is 43.0 Å². The zero-order valence-corrected chi connectivity index (χ0v) is 23.5. The number of methoxy groups -OCH3 is 1. The summed E-state index contributed by atoms with van der Waals surface area (Å²) < 4.78 is 16.2. The Hall–Kier alpha value is -4.12. The van der Waals surface area contributed by atoms with E-state index < -0.39 is 17.8 Å². The number of amides is 2. The zero-order valence-electron chi connectivity index (χ0n) is 23.5. The van der Waals surface area contributed by atoms with Crippen molar-refractivity contribution in [2.75, 3.05) is 38.7 Å². The molecule has 1 aliphatic rings. The Bertz CT molecular complexity index is 1440. The molecule has 3 aromatic rings. The fourth-order valence-corrected chi connectivity index (χ4v) is 4.93. The minimum Gasteiger partial charge on any atom is -0.497 e. The lowest BCUT2D eigenvalue weighted by atomic mass is 9.81. The Morgan fingerprint density at radius 3 is 2.45 bits per heavy atom. The van der Waals surface area contributed by atoms with Gasteiger partial charge in [-0.05, 0) is 52.8 Å². The molecule has 0 aliphatic carbocycles. The molecule has 2 aromatic carbocycles. The zero-order chi connectivity index (χ0) is 29.0. The van der Waals surface area contributed by atoms with Crippen molar-refractivity contribution in [2.45, 2.75) is 52.1 Å². The highest BCUT2D eigenvalue weighted by Crippen LogP contribution is 2.32. The van der Waals surface area contributed by atoms with Crippen molar-refractivity contribution in [1.82, 2.24) is 15.2 Å². The van der Waals surface area contributed by atoms with Gasteiger partial charge in [-0.15, -0.1) is 0 Å². The maximum Gasteiger partial charge on any atom is 0.404 e. The monoisotopic (exact) mass is 552 g/mol. The number of fused-ring (bicyclic) bond motifs is 1. The van der Waals surface area contributed by atoms with Crippen LogP contribution in [0, 0.1) is 6.92 Å². The summed E-state index contributed by atoms with van der Waals surface area (Å²) in [7, 11) is 1.59. The lowest BCUT2D eigenvalue weighted by Crippen LogP contribution is -2.49. The first-order chi connectivity index (χ1) is 19.0. The van der Waals surface area contributed by atoms with Crippen molar-refractivity contribution in [1.29, 1.82) is 0 Å². The van der Waals surface area contributed by atoms with E-state index in [2.05, 4.69) is 15.6 Å². The predicted molar refractivity (Wildman–Crippen MR) is 150 cm³/mol. The summed E-state index contributed by atoms with van der Waals surface area (Å²) in [5, 5.41) is 14.9. The normalized spacial score (nSPS) is 14.6. The molecule has 1 aliphatic heterocycles. The molecule has 4 rings (SSSR count). The van der Waals surface area contributed by atoms with Gasteiger partial charge in [0.2, 0.25) is 5.91 Å². The van der Waals surface area contributed by atoms with Crippen molar-refractivity contribution >= 4 is 28.9 Å². The number of carbonyl (C=O) groups is 2. The van der Waals surface area contributed by atoms with Gasteiger partial charge in [-0.25, -0.2) is 9.59 Å². The van der Waals surface area contributed by atoms with Gasteiger partial charge in [-0.1, -0.05) is 32.9 Å². The van der Waals surface area contributed by atoms with Crippen molar-refractivity contribution < 1.29 is 28.6 Å². The number of morpholine rings is 1. The summed E-state index contributed by atoms with van der Waals surface area (Å²) in [6.45, 7) is 9.68. The van der Waals surface area contributed by atoms with E-state index in [1.54, 1.807) is 25.0 Å². The number of benzene rings is 2. The number of aryl methyl sites for hydroxylation is 1. The number of rotatable bonds is 8. The molecule has 2 amide bonds. The van der Waals surface area contributed by atoms with Crippen LogP contribution in [0.25, 0.3) is 10.9 Å². The molecule has 2 heterocycles. The van der Waals surface area contributed by atoms with Gasteiger partial charge in [0.1, 0.15) is 11.8 Å². The van der Waals surface area contributed by atoms with Gasteiger partial charge < -0.3 is 34.5 Å². The average molecular weight is 553 g/mol. The lowest BCUT2D eigenvalue weighted by Gasteiger charge is -2.30. The summed E-state index contributed by atoms with van der Waals surface area (Å²) in [5.74, 6) is 0.559. The summed E-state index contributed by atoms with van der Waals surface area (Å²) in [6, 6.07) is 8.41. The van der Waals surface area contributed by atoms with E-state index in [9.17, 15) is 14.4 Å². The maximum atomic E-state index is 13.6. The van der Waals surface area contributed by atoms with Gasteiger partial charge >= 0.3 is 11.7 Å². The first-order valence-electron chi connectivity index (χ1n) is 13.2. The van der Waals surface area contributed by atoms with Crippen molar-refractivity contribution in [3.8, 4) is 5.75 Å². The van der Waals surface area contributed by atoms with E-state index in [4.69, 9.17) is 19.0 Å². The smallest absolute Gasteiger partial charge is 0.404 e. The fourth-order valence-electron chi connectivity index (χ4n) is 4.93. The minimum atomic E-state index is -1.16. The molecule has 11 nitrogen and oxygen atoms in total. The summed E-state index contributed by atoms with van der Waals surface area (Å²) in [5.41, 5.74) is 2.48. The highest BCUT2D eigenvalue weighted by atomic mass is 16.5. The third-order valence-corrected chi connectivity index (χ3v) is 7.05. The van der Waals surface area contributed by atoms with Gasteiger partial charge in [0, 0.05) is 26.1 Å². The highest BCUT2D eigenvalue weighted by molar-refractivity contribution is 5.86. The number of carboxylic acid groups (broad SMARTS) is 1. The van der Waals surface area contributed by atoms with E-state index in [0.29, 0.717) is 55.1 Å². The van der Waals surface area contributed by atoms with Crippen LogP contribution < -0.4 is 21.0 Å². The molecule has 214 valence electrons. The van der Waals surface area contributed by atoms with Crippen LogP contribution in [0.2, 0.25) is 0 Å². The van der Waals surface area contributed by atoms with Crippen LogP contribution in [0.5, 0.6) is 5.75 Å². The molecule has 0 saturated carbocycles. The van der Waals surface area contributed by atoms with Crippen LogP contribution in [0.4, 0.5) is 10.8 Å². The Balaban J connectivity index is 1.74. The van der Waals surface area contributed by atoms with Crippen LogP contribution >= 0.6 is 0 Å². The number of hydrogen-bond acceptors (Lipinski definition) is 8. The predicted octanol–water partition coefficient (Wildman–Crippen LogP) is 3.45. The van der Waals surface area contributed by atoms with Crippen LogP contribution in [0.15, 0.2) is 39.5 Å². The first kappa shape index (κ1) is 28.9. The second-order valence-corrected chi connectivity index (χ2v) is 10.8. The Morgan fingerprint density at radius 1 is 1.18 bits per heavy atom. The summed E-state index contributed by atoms with van der Waals surface area (Å²) >= 11 is 0. The summed E-state index contributed by atoms with van der Waals surface area (Å²) in [6.07, 6.45) is -0.827. The largest absolute Gasteiger partial charge is 0.497 e.